The fourth-order valence-electron chi connectivity index (χ4n) is 3.80. The molecule has 2 aromatic rings. The quantitative estimate of drug-likeness (QED) is 0.574. The summed E-state index contributed by atoms with van der Waals surface area (Å²) in [4.78, 5) is 12.4. The Morgan fingerprint density at radius 1 is 1.15 bits per heavy atom. The normalized spacial score (nSPS) is 28.5. The third kappa shape index (κ3) is 2.72. The highest BCUT2D eigenvalue weighted by Crippen LogP contribution is 2.49. The number of methoxy groups -OCH3 is 1. The maximum atomic E-state index is 12.9. The van der Waals surface area contributed by atoms with Crippen molar-refractivity contribution in [3.05, 3.63) is 64.1 Å². The smallest absolute Gasteiger partial charge is 0.323 e. The molecule has 2 aliphatic rings. The molecule has 6 nitrogen and oxygen atoms in total. The summed E-state index contributed by atoms with van der Waals surface area (Å²) >= 11 is 3.38. The Labute approximate surface area is 159 Å². The third-order valence-corrected chi connectivity index (χ3v) is 7.07. The predicted molar refractivity (Wildman–Crippen MR) is 98.3 cm³/mol. The van der Waals surface area contributed by atoms with E-state index in [9.17, 15) is 13.2 Å². The Morgan fingerprint density at radius 2 is 1.85 bits per heavy atom. The number of hydrogen-bond donors (Lipinski definition) is 1. The highest BCUT2D eigenvalue weighted by atomic mass is 79.9. The van der Waals surface area contributed by atoms with Crippen molar-refractivity contribution in [2.24, 2.45) is 0 Å². The van der Waals surface area contributed by atoms with Gasteiger partial charge in [0.2, 0.25) is 0 Å². The first-order valence-electron chi connectivity index (χ1n) is 8.04. The summed E-state index contributed by atoms with van der Waals surface area (Å²) in [6.07, 6.45) is 0. The molecule has 2 heterocycles. The van der Waals surface area contributed by atoms with Gasteiger partial charge in [0.05, 0.1) is 13.2 Å². The van der Waals surface area contributed by atoms with E-state index in [0.29, 0.717) is 5.56 Å². The maximum absolute atomic E-state index is 12.9. The van der Waals surface area contributed by atoms with Crippen LogP contribution in [0.25, 0.3) is 0 Å². The van der Waals surface area contributed by atoms with E-state index in [1.807, 2.05) is 24.3 Å². The second-order valence-corrected chi connectivity index (χ2v) is 8.91. The number of fused-ring (bicyclic) bond motifs is 3. The fraction of sp³-hybridized carbons (Fsp3) is 0.278. The molecule has 0 saturated carbocycles. The Kier molecular flexibility index (Phi) is 4.29. The SMILES string of the molecule is COC(=O)[C@H]1N[C@@H](c2ccc(Br)cc2)[C@H]2[C@@H]1c1ccccc1OS2(=O)=O. The van der Waals surface area contributed by atoms with Crippen LogP contribution in [0.1, 0.15) is 23.1 Å². The van der Waals surface area contributed by atoms with Crippen LogP contribution in [0.2, 0.25) is 0 Å². The van der Waals surface area contributed by atoms with Gasteiger partial charge in [-0.15, -0.1) is 0 Å². The zero-order valence-electron chi connectivity index (χ0n) is 13.8. The summed E-state index contributed by atoms with van der Waals surface area (Å²) in [7, 11) is -2.64. The number of hydrogen-bond acceptors (Lipinski definition) is 6. The molecule has 0 aliphatic carbocycles. The Hall–Kier alpha value is -1.90. The zero-order valence-corrected chi connectivity index (χ0v) is 16.2. The van der Waals surface area contributed by atoms with Crippen LogP contribution in [0.4, 0.5) is 0 Å². The van der Waals surface area contributed by atoms with Gasteiger partial charge in [-0.3, -0.25) is 10.1 Å². The molecule has 2 aromatic carbocycles. The van der Waals surface area contributed by atoms with Crippen LogP contribution in [-0.2, 0) is 19.6 Å². The van der Waals surface area contributed by atoms with Gasteiger partial charge in [-0.1, -0.05) is 46.3 Å². The average molecular weight is 438 g/mol. The number of halogens is 1. The van der Waals surface area contributed by atoms with E-state index in [1.54, 1.807) is 24.3 Å². The summed E-state index contributed by atoms with van der Waals surface area (Å²) in [6, 6.07) is 12.9. The van der Waals surface area contributed by atoms with Gasteiger partial charge >= 0.3 is 16.1 Å². The summed E-state index contributed by atoms with van der Waals surface area (Å²) in [6.45, 7) is 0. The number of ether oxygens (including phenoxy) is 1. The second-order valence-electron chi connectivity index (χ2n) is 6.30. The lowest BCUT2D eigenvalue weighted by molar-refractivity contribution is -0.143. The zero-order chi connectivity index (χ0) is 18.5. The molecular formula is C18H16BrNO5S. The first kappa shape index (κ1) is 17.5. The summed E-state index contributed by atoms with van der Waals surface area (Å²) in [5.74, 6) is -0.821. The van der Waals surface area contributed by atoms with Crippen LogP contribution in [0.5, 0.6) is 5.75 Å². The molecule has 26 heavy (non-hydrogen) atoms. The number of nitrogens with one attached hydrogen (secondary N) is 1. The minimum absolute atomic E-state index is 0.265. The lowest BCUT2D eigenvalue weighted by atomic mass is 9.88. The Morgan fingerprint density at radius 3 is 2.54 bits per heavy atom. The first-order chi connectivity index (χ1) is 12.4. The van der Waals surface area contributed by atoms with Crippen molar-refractivity contribution in [2.45, 2.75) is 23.3 Å². The van der Waals surface area contributed by atoms with E-state index >= 15 is 0 Å². The van der Waals surface area contributed by atoms with Gasteiger partial charge in [0.25, 0.3) is 0 Å². The van der Waals surface area contributed by atoms with Crippen LogP contribution in [0.15, 0.2) is 53.0 Å². The van der Waals surface area contributed by atoms with E-state index in [1.165, 1.54) is 7.11 Å². The van der Waals surface area contributed by atoms with E-state index in [0.717, 1.165) is 10.0 Å². The highest BCUT2D eigenvalue weighted by molar-refractivity contribution is 9.10. The number of para-hydroxylation sites is 1. The minimum Gasteiger partial charge on any atom is -0.468 e. The van der Waals surface area contributed by atoms with E-state index < -0.39 is 39.3 Å². The second kappa shape index (κ2) is 6.37. The number of esters is 1. The number of carbonyl (C=O) groups is 1. The van der Waals surface area contributed by atoms with Crippen molar-refractivity contribution >= 4 is 32.0 Å². The molecule has 1 fully saturated rings. The molecule has 0 radical (unpaired) electrons. The average Bonchev–Trinajstić information content (AvgIpc) is 3.03. The van der Waals surface area contributed by atoms with Crippen molar-refractivity contribution in [3.63, 3.8) is 0 Å². The molecule has 0 unspecified atom stereocenters. The lowest BCUT2D eigenvalue weighted by Crippen LogP contribution is -2.40. The van der Waals surface area contributed by atoms with Crippen LogP contribution in [-0.4, -0.2) is 32.8 Å². The van der Waals surface area contributed by atoms with Crippen LogP contribution < -0.4 is 9.50 Å². The number of rotatable bonds is 2. The largest absolute Gasteiger partial charge is 0.468 e. The van der Waals surface area contributed by atoms with Crippen LogP contribution in [0, 0.1) is 0 Å². The van der Waals surface area contributed by atoms with Crippen molar-refractivity contribution in [1.29, 1.82) is 0 Å². The van der Waals surface area contributed by atoms with E-state index in [4.69, 9.17) is 8.92 Å². The molecule has 8 heteroatoms. The van der Waals surface area contributed by atoms with Gasteiger partial charge in [-0.2, -0.15) is 8.42 Å². The standard InChI is InChI=1S/C18H16BrNO5S/c1-24-18(21)16-14-12-4-2-3-5-13(12)25-26(22,23)17(14)15(20-16)10-6-8-11(19)9-7-10/h2-9,14-17,20H,1H3/t14-,15+,16+,17-/m1/s1. The highest BCUT2D eigenvalue weighted by Gasteiger charge is 2.57. The molecule has 2 aliphatic heterocycles. The Bertz CT molecular complexity index is 960. The van der Waals surface area contributed by atoms with Gasteiger partial charge < -0.3 is 8.92 Å². The van der Waals surface area contributed by atoms with Crippen molar-refractivity contribution in [1.82, 2.24) is 5.32 Å². The molecular weight excluding hydrogens is 422 g/mol. The third-order valence-electron chi connectivity index (χ3n) is 4.90. The Balaban J connectivity index is 1.88. The van der Waals surface area contributed by atoms with E-state index in [2.05, 4.69) is 21.2 Å². The van der Waals surface area contributed by atoms with Crippen molar-refractivity contribution in [3.8, 4) is 5.75 Å². The summed E-state index contributed by atoms with van der Waals surface area (Å²) < 4.78 is 37.0. The van der Waals surface area contributed by atoms with Crippen molar-refractivity contribution < 1.29 is 22.1 Å². The number of benzene rings is 2. The summed E-state index contributed by atoms with van der Waals surface area (Å²) in [5.41, 5.74) is 1.45. The topological polar surface area (TPSA) is 81.7 Å². The summed E-state index contributed by atoms with van der Waals surface area (Å²) in [5, 5.41) is 2.24. The van der Waals surface area contributed by atoms with Crippen LogP contribution in [0.3, 0.4) is 0 Å². The lowest BCUT2D eigenvalue weighted by Gasteiger charge is -2.31. The molecule has 0 bridgehead atoms. The minimum atomic E-state index is -3.94. The predicted octanol–water partition coefficient (Wildman–Crippen LogP) is 2.51. The van der Waals surface area contributed by atoms with Gasteiger partial charge in [-0.25, -0.2) is 0 Å². The molecule has 0 aromatic heterocycles. The monoisotopic (exact) mass is 437 g/mol. The molecule has 4 rings (SSSR count). The van der Waals surface area contributed by atoms with Gasteiger partial charge in [0.1, 0.15) is 17.0 Å². The molecule has 0 spiro atoms. The van der Waals surface area contributed by atoms with Gasteiger partial charge in [-0.05, 0) is 23.8 Å². The molecule has 136 valence electrons. The molecule has 0 amide bonds. The molecule has 4 atom stereocenters. The van der Waals surface area contributed by atoms with Gasteiger partial charge in [0, 0.05) is 16.0 Å². The van der Waals surface area contributed by atoms with Crippen molar-refractivity contribution in [2.75, 3.05) is 7.11 Å². The molecule has 1 saturated heterocycles. The fourth-order valence-corrected chi connectivity index (χ4v) is 5.81. The molecule has 1 N–H and O–H groups in total. The first-order valence-corrected chi connectivity index (χ1v) is 10.3. The number of carbonyl (C=O) groups excluding carboxylic acids is 1. The van der Waals surface area contributed by atoms with E-state index in [-0.39, 0.29) is 5.75 Å². The van der Waals surface area contributed by atoms with Gasteiger partial charge in [0.15, 0.2) is 0 Å². The van der Waals surface area contributed by atoms with Crippen LogP contribution >= 0.6 is 15.9 Å². The maximum Gasteiger partial charge on any atom is 0.323 e.